The van der Waals surface area contributed by atoms with Gasteiger partial charge in [-0.15, -0.1) is 11.3 Å². The van der Waals surface area contributed by atoms with Gasteiger partial charge in [0.15, 0.2) is 0 Å². The fourth-order valence-electron chi connectivity index (χ4n) is 2.50. The van der Waals surface area contributed by atoms with Crippen LogP contribution in [-0.4, -0.2) is 25.2 Å². The summed E-state index contributed by atoms with van der Waals surface area (Å²) in [5.74, 6) is -0.307. The zero-order valence-corrected chi connectivity index (χ0v) is 11.9. The van der Waals surface area contributed by atoms with Crippen molar-refractivity contribution in [1.29, 1.82) is 0 Å². The lowest BCUT2D eigenvalue weighted by molar-refractivity contribution is -0.0446. The third kappa shape index (κ3) is 2.29. The Hall–Kier alpha value is -0.940. The number of nitrogens with zero attached hydrogens (tertiary/aromatic N) is 1. The molecule has 1 aromatic heterocycles. The molecule has 1 aliphatic carbocycles. The molecule has 18 heavy (non-hydrogen) atoms. The van der Waals surface area contributed by atoms with Crippen LogP contribution in [0.1, 0.15) is 52.5 Å². The van der Waals surface area contributed by atoms with E-state index in [1.165, 1.54) is 24.9 Å². The summed E-state index contributed by atoms with van der Waals surface area (Å²) in [6.07, 6.45) is 5.52. The van der Waals surface area contributed by atoms with Crippen LogP contribution in [0.2, 0.25) is 0 Å². The number of carbonyl (C=O) groups is 1. The Morgan fingerprint density at radius 3 is 2.50 bits per heavy atom. The maximum absolute atomic E-state index is 11.6. The SMILES string of the molecule is COC(=O)c1sc(C2(OC)CCCCC2)nc1C. The molecule has 0 spiro atoms. The largest absolute Gasteiger partial charge is 0.465 e. The highest BCUT2D eigenvalue weighted by atomic mass is 32.1. The van der Waals surface area contributed by atoms with E-state index in [1.54, 1.807) is 7.11 Å². The van der Waals surface area contributed by atoms with Crippen LogP contribution in [0.15, 0.2) is 0 Å². The Balaban J connectivity index is 2.34. The molecule has 0 N–H and O–H groups in total. The van der Waals surface area contributed by atoms with Crippen LogP contribution in [0, 0.1) is 6.92 Å². The second-order valence-corrected chi connectivity index (χ2v) is 5.68. The zero-order valence-electron chi connectivity index (χ0n) is 11.1. The summed E-state index contributed by atoms with van der Waals surface area (Å²) in [6.45, 7) is 1.85. The van der Waals surface area contributed by atoms with E-state index in [-0.39, 0.29) is 11.6 Å². The monoisotopic (exact) mass is 269 g/mol. The number of hydrogen-bond donors (Lipinski definition) is 0. The number of thiazole rings is 1. The van der Waals surface area contributed by atoms with Gasteiger partial charge in [0.25, 0.3) is 0 Å². The van der Waals surface area contributed by atoms with Gasteiger partial charge in [0.2, 0.25) is 0 Å². The Bertz CT molecular complexity index is 435. The summed E-state index contributed by atoms with van der Waals surface area (Å²) in [6, 6.07) is 0. The molecule has 100 valence electrons. The summed E-state index contributed by atoms with van der Waals surface area (Å²) in [5.41, 5.74) is 0.448. The van der Waals surface area contributed by atoms with E-state index in [0.717, 1.165) is 36.4 Å². The molecule has 0 unspecified atom stereocenters. The van der Waals surface area contributed by atoms with Gasteiger partial charge in [-0.3, -0.25) is 0 Å². The molecule has 1 heterocycles. The van der Waals surface area contributed by atoms with E-state index >= 15 is 0 Å². The highest BCUT2D eigenvalue weighted by Crippen LogP contribution is 2.42. The van der Waals surface area contributed by atoms with Crippen molar-refractivity contribution in [2.24, 2.45) is 0 Å². The number of hydrogen-bond acceptors (Lipinski definition) is 5. The Morgan fingerprint density at radius 1 is 1.28 bits per heavy atom. The zero-order chi connectivity index (χ0) is 13.2. The minimum Gasteiger partial charge on any atom is -0.465 e. The van der Waals surface area contributed by atoms with E-state index in [2.05, 4.69) is 4.98 Å². The molecule has 1 saturated carbocycles. The maximum atomic E-state index is 11.6. The van der Waals surface area contributed by atoms with Crippen LogP contribution in [-0.2, 0) is 15.1 Å². The summed E-state index contributed by atoms with van der Waals surface area (Å²) < 4.78 is 10.5. The number of esters is 1. The third-order valence-corrected chi connectivity index (χ3v) is 4.93. The molecular weight excluding hydrogens is 250 g/mol. The van der Waals surface area contributed by atoms with Crippen LogP contribution in [0.3, 0.4) is 0 Å². The first-order valence-corrected chi connectivity index (χ1v) is 7.06. The second kappa shape index (κ2) is 5.36. The summed E-state index contributed by atoms with van der Waals surface area (Å²) >= 11 is 1.41. The van der Waals surface area contributed by atoms with Crippen molar-refractivity contribution in [3.8, 4) is 0 Å². The van der Waals surface area contributed by atoms with Gasteiger partial charge in [-0.05, 0) is 19.8 Å². The van der Waals surface area contributed by atoms with E-state index in [4.69, 9.17) is 9.47 Å². The Morgan fingerprint density at radius 2 is 1.94 bits per heavy atom. The molecule has 4 nitrogen and oxygen atoms in total. The fourth-order valence-corrected chi connectivity index (χ4v) is 3.71. The van der Waals surface area contributed by atoms with Gasteiger partial charge in [0.1, 0.15) is 15.5 Å². The predicted octanol–water partition coefficient (Wildman–Crippen LogP) is 3.04. The van der Waals surface area contributed by atoms with Crippen LogP contribution >= 0.6 is 11.3 Å². The first-order chi connectivity index (χ1) is 8.63. The summed E-state index contributed by atoms with van der Waals surface area (Å²) in [5, 5.41) is 0.919. The molecule has 1 aromatic rings. The maximum Gasteiger partial charge on any atom is 0.349 e. The molecule has 2 rings (SSSR count). The first-order valence-electron chi connectivity index (χ1n) is 6.24. The Kier molecular flexibility index (Phi) is 4.02. The molecule has 1 aliphatic rings. The van der Waals surface area contributed by atoms with Gasteiger partial charge < -0.3 is 9.47 Å². The van der Waals surface area contributed by atoms with Crippen LogP contribution in [0.5, 0.6) is 0 Å². The molecule has 0 bridgehead atoms. The molecule has 0 saturated heterocycles. The first kappa shape index (κ1) is 13.5. The van der Waals surface area contributed by atoms with Crippen molar-refractivity contribution in [3.63, 3.8) is 0 Å². The Labute approximate surface area is 111 Å². The smallest absolute Gasteiger partial charge is 0.349 e. The number of methoxy groups -OCH3 is 2. The van der Waals surface area contributed by atoms with Crippen molar-refractivity contribution in [3.05, 3.63) is 15.6 Å². The molecule has 0 atom stereocenters. The highest BCUT2D eigenvalue weighted by Gasteiger charge is 2.37. The molecule has 1 fully saturated rings. The van der Waals surface area contributed by atoms with Gasteiger partial charge in [-0.1, -0.05) is 19.3 Å². The van der Waals surface area contributed by atoms with Crippen molar-refractivity contribution in [2.75, 3.05) is 14.2 Å². The average Bonchev–Trinajstić information content (AvgIpc) is 2.81. The van der Waals surface area contributed by atoms with Gasteiger partial charge in [-0.2, -0.15) is 0 Å². The molecule has 0 aromatic carbocycles. The van der Waals surface area contributed by atoms with E-state index < -0.39 is 0 Å². The third-order valence-electron chi connectivity index (χ3n) is 3.61. The number of carbonyl (C=O) groups excluding carboxylic acids is 1. The van der Waals surface area contributed by atoms with Gasteiger partial charge >= 0.3 is 5.97 Å². The molecule has 0 amide bonds. The van der Waals surface area contributed by atoms with Crippen LogP contribution in [0.4, 0.5) is 0 Å². The molecule has 5 heteroatoms. The lowest BCUT2D eigenvalue weighted by Crippen LogP contribution is -2.30. The van der Waals surface area contributed by atoms with E-state index in [1.807, 2.05) is 6.92 Å². The molecule has 0 aliphatic heterocycles. The lowest BCUT2D eigenvalue weighted by atomic mass is 9.85. The quantitative estimate of drug-likeness (QED) is 0.791. The van der Waals surface area contributed by atoms with Gasteiger partial charge in [0.05, 0.1) is 12.8 Å². The molecule has 0 radical (unpaired) electrons. The van der Waals surface area contributed by atoms with Crippen molar-refractivity contribution in [2.45, 2.75) is 44.6 Å². The fraction of sp³-hybridized carbons (Fsp3) is 0.692. The second-order valence-electron chi connectivity index (χ2n) is 4.68. The molecular formula is C13H19NO3S. The van der Waals surface area contributed by atoms with Crippen LogP contribution < -0.4 is 0 Å². The minimum absolute atomic E-state index is 0.292. The predicted molar refractivity (Wildman–Crippen MR) is 70.0 cm³/mol. The normalized spacial score (nSPS) is 18.6. The summed E-state index contributed by atoms with van der Waals surface area (Å²) in [7, 11) is 3.13. The highest BCUT2D eigenvalue weighted by molar-refractivity contribution is 7.13. The minimum atomic E-state index is -0.307. The standard InChI is InChI=1S/C13H19NO3S/c1-9-10(11(15)16-2)18-12(14-9)13(17-3)7-5-4-6-8-13/h4-8H2,1-3H3. The number of aromatic nitrogens is 1. The van der Waals surface area contributed by atoms with Gasteiger partial charge in [-0.25, -0.2) is 9.78 Å². The van der Waals surface area contributed by atoms with Crippen molar-refractivity contribution in [1.82, 2.24) is 4.98 Å². The van der Waals surface area contributed by atoms with Crippen LogP contribution in [0.25, 0.3) is 0 Å². The number of ether oxygens (including phenoxy) is 2. The average molecular weight is 269 g/mol. The van der Waals surface area contributed by atoms with Gasteiger partial charge in [0, 0.05) is 7.11 Å². The number of aryl methyl sites for hydroxylation is 1. The lowest BCUT2D eigenvalue weighted by Gasteiger charge is -2.34. The van der Waals surface area contributed by atoms with E-state index in [0.29, 0.717) is 4.88 Å². The van der Waals surface area contributed by atoms with E-state index in [9.17, 15) is 4.79 Å². The summed E-state index contributed by atoms with van der Waals surface area (Å²) in [4.78, 5) is 16.8. The van der Waals surface area contributed by atoms with Crippen molar-refractivity contribution >= 4 is 17.3 Å². The number of rotatable bonds is 3. The van der Waals surface area contributed by atoms with Crippen molar-refractivity contribution < 1.29 is 14.3 Å². The topological polar surface area (TPSA) is 48.4 Å².